The molecule has 0 aliphatic heterocycles. The zero-order valence-electron chi connectivity index (χ0n) is 8.45. The van der Waals surface area contributed by atoms with Crippen LogP contribution in [0, 0.1) is 5.41 Å². The normalized spacial score (nSPS) is 18.6. The number of aromatic nitrogens is 2. The lowest BCUT2D eigenvalue weighted by molar-refractivity contribution is 0.180. The van der Waals surface area contributed by atoms with E-state index in [9.17, 15) is 0 Å². The summed E-state index contributed by atoms with van der Waals surface area (Å²) in [6.07, 6.45) is 7.08. The van der Waals surface area contributed by atoms with Crippen LogP contribution in [0.15, 0.2) is 12.5 Å². The molecular weight excluding hydrogens is 176 g/mol. The van der Waals surface area contributed by atoms with E-state index in [0.717, 1.165) is 12.4 Å². The quantitative estimate of drug-likeness (QED) is 0.764. The van der Waals surface area contributed by atoms with Gasteiger partial charge in [0.25, 0.3) is 0 Å². The average Bonchev–Trinajstić information content (AvgIpc) is 2.14. The van der Waals surface area contributed by atoms with Gasteiger partial charge in [-0.2, -0.15) is 0 Å². The molecule has 0 saturated heterocycles. The second-order valence-corrected chi connectivity index (χ2v) is 4.34. The third-order valence-corrected chi connectivity index (χ3v) is 2.98. The Labute approximate surface area is 83.9 Å². The molecule has 0 bridgehead atoms. The van der Waals surface area contributed by atoms with Crippen molar-refractivity contribution in [2.24, 2.45) is 5.41 Å². The van der Waals surface area contributed by atoms with Gasteiger partial charge in [-0.15, -0.1) is 0 Å². The van der Waals surface area contributed by atoms with Gasteiger partial charge in [-0.25, -0.2) is 9.97 Å². The fraction of sp³-hybridized carbons (Fsp3) is 0.600. The van der Waals surface area contributed by atoms with Crippen molar-refractivity contribution in [3.63, 3.8) is 0 Å². The summed E-state index contributed by atoms with van der Waals surface area (Å²) >= 11 is 0. The van der Waals surface area contributed by atoms with E-state index in [1.807, 2.05) is 0 Å². The van der Waals surface area contributed by atoms with Crippen LogP contribution in [0.4, 0.5) is 11.5 Å². The van der Waals surface area contributed by atoms with Gasteiger partial charge in [-0.3, -0.25) is 0 Å². The van der Waals surface area contributed by atoms with E-state index in [-0.39, 0.29) is 0 Å². The lowest BCUT2D eigenvalue weighted by Gasteiger charge is -2.38. The molecule has 3 N–H and O–H groups in total. The highest BCUT2D eigenvalue weighted by atomic mass is 15.0. The van der Waals surface area contributed by atoms with Crippen molar-refractivity contribution in [1.82, 2.24) is 9.97 Å². The number of nitrogens with two attached hydrogens (primary N) is 1. The van der Waals surface area contributed by atoms with Gasteiger partial charge in [0.05, 0.1) is 11.9 Å². The van der Waals surface area contributed by atoms with Crippen molar-refractivity contribution in [3.05, 3.63) is 12.5 Å². The van der Waals surface area contributed by atoms with Gasteiger partial charge in [-0.1, -0.05) is 13.3 Å². The number of hydrogen-bond donors (Lipinski definition) is 2. The maximum absolute atomic E-state index is 5.72. The summed E-state index contributed by atoms with van der Waals surface area (Å²) in [6.45, 7) is 3.25. The number of nitrogens with zero attached hydrogens (tertiary/aromatic N) is 2. The summed E-state index contributed by atoms with van der Waals surface area (Å²) in [5.74, 6) is 0.758. The van der Waals surface area contributed by atoms with E-state index in [4.69, 9.17) is 5.73 Å². The minimum atomic E-state index is 0.442. The predicted octanol–water partition coefficient (Wildman–Crippen LogP) is 1.66. The molecule has 1 fully saturated rings. The molecule has 0 spiro atoms. The van der Waals surface area contributed by atoms with Crippen LogP contribution < -0.4 is 11.1 Å². The van der Waals surface area contributed by atoms with Crippen molar-refractivity contribution in [3.8, 4) is 0 Å². The summed E-state index contributed by atoms with van der Waals surface area (Å²) in [6, 6.07) is 0. The van der Waals surface area contributed by atoms with E-state index in [2.05, 4.69) is 22.2 Å². The molecule has 0 atom stereocenters. The molecule has 1 aromatic heterocycles. The Balaban J connectivity index is 1.95. The second-order valence-electron chi connectivity index (χ2n) is 4.34. The standard InChI is InChI=1S/C10H16N4/c1-10(3-2-4-10)6-13-9-8(11)5-12-7-14-9/h5,7H,2-4,6,11H2,1H3,(H,12,13,14). The fourth-order valence-electron chi connectivity index (χ4n) is 1.74. The lowest BCUT2D eigenvalue weighted by Crippen LogP contribution is -2.33. The van der Waals surface area contributed by atoms with Crippen LogP contribution in [-0.2, 0) is 0 Å². The van der Waals surface area contributed by atoms with Crippen LogP contribution in [0.3, 0.4) is 0 Å². The largest absolute Gasteiger partial charge is 0.394 e. The van der Waals surface area contributed by atoms with Gasteiger partial charge >= 0.3 is 0 Å². The monoisotopic (exact) mass is 192 g/mol. The third-order valence-electron chi connectivity index (χ3n) is 2.98. The molecule has 76 valence electrons. The van der Waals surface area contributed by atoms with E-state index in [0.29, 0.717) is 11.1 Å². The van der Waals surface area contributed by atoms with Crippen LogP contribution >= 0.6 is 0 Å². The number of hydrogen-bond acceptors (Lipinski definition) is 4. The van der Waals surface area contributed by atoms with Gasteiger partial charge in [0.15, 0.2) is 5.82 Å². The van der Waals surface area contributed by atoms with Gasteiger partial charge in [0.1, 0.15) is 6.33 Å². The topological polar surface area (TPSA) is 63.8 Å². The minimum absolute atomic E-state index is 0.442. The van der Waals surface area contributed by atoms with Crippen molar-refractivity contribution in [2.45, 2.75) is 26.2 Å². The fourth-order valence-corrected chi connectivity index (χ4v) is 1.74. The smallest absolute Gasteiger partial charge is 0.152 e. The molecule has 0 amide bonds. The van der Waals surface area contributed by atoms with Crippen LogP contribution in [-0.4, -0.2) is 16.5 Å². The van der Waals surface area contributed by atoms with Crippen LogP contribution in [0.2, 0.25) is 0 Å². The molecule has 4 heteroatoms. The first kappa shape index (κ1) is 9.24. The molecule has 1 heterocycles. The zero-order valence-corrected chi connectivity index (χ0v) is 8.45. The van der Waals surface area contributed by atoms with Crippen LogP contribution in [0.25, 0.3) is 0 Å². The highest BCUT2D eigenvalue weighted by Gasteiger charge is 2.31. The Hall–Kier alpha value is -1.32. The molecule has 1 saturated carbocycles. The molecule has 0 unspecified atom stereocenters. The Bertz CT molecular complexity index is 320. The first-order chi connectivity index (χ1) is 6.70. The predicted molar refractivity (Wildman–Crippen MR) is 56.9 cm³/mol. The van der Waals surface area contributed by atoms with Crippen molar-refractivity contribution < 1.29 is 0 Å². The summed E-state index contributed by atoms with van der Waals surface area (Å²) < 4.78 is 0. The van der Waals surface area contributed by atoms with E-state index in [1.54, 1.807) is 6.20 Å². The number of rotatable bonds is 3. The molecule has 1 aliphatic carbocycles. The third kappa shape index (κ3) is 1.78. The number of nitrogen functional groups attached to an aromatic ring is 1. The SMILES string of the molecule is CC1(CNc2ncncc2N)CCC1. The van der Waals surface area contributed by atoms with Crippen molar-refractivity contribution in [1.29, 1.82) is 0 Å². The Morgan fingerprint density at radius 1 is 1.57 bits per heavy atom. The van der Waals surface area contributed by atoms with Crippen LogP contribution in [0.1, 0.15) is 26.2 Å². The number of nitrogens with one attached hydrogen (secondary N) is 1. The van der Waals surface area contributed by atoms with Gasteiger partial charge in [0, 0.05) is 6.54 Å². The van der Waals surface area contributed by atoms with E-state index in [1.165, 1.54) is 25.6 Å². The highest BCUT2D eigenvalue weighted by molar-refractivity contribution is 5.58. The Morgan fingerprint density at radius 3 is 2.93 bits per heavy atom. The van der Waals surface area contributed by atoms with E-state index >= 15 is 0 Å². The summed E-state index contributed by atoms with van der Waals surface area (Å²) in [5.41, 5.74) is 6.78. The maximum atomic E-state index is 5.72. The summed E-state index contributed by atoms with van der Waals surface area (Å²) in [7, 11) is 0. The molecule has 4 nitrogen and oxygen atoms in total. The van der Waals surface area contributed by atoms with Gasteiger partial charge < -0.3 is 11.1 Å². The molecule has 0 radical (unpaired) electrons. The van der Waals surface area contributed by atoms with Crippen molar-refractivity contribution >= 4 is 11.5 Å². The zero-order chi connectivity index (χ0) is 10.0. The van der Waals surface area contributed by atoms with Crippen LogP contribution in [0.5, 0.6) is 0 Å². The molecule has 2 rings (SSSR count). The molecule has 1 aromatic rings. The first-order valence-corrected chi connectivity index (χ1v) is 4.99. The summed E-state index contributed by atoms with van der Waals surface area (Å²) in [4.78, 5) is 7.94. The average molecular weight is 192 g/mol. The van der Waals surface area contributed by atoms with Crippen molar-refractivity contribution in [2.75, 3.05) is 17.6 Å². The molecule has 1 aliphatic rings. The van der Waals surface area contributed by atoms with E-state index < -0.39 is 0 Å². The first-order valence-electron chi connectivity index (χ1n) is 4.99. The Kier molecular flexibility index (Phi) is 2.27. The maximum Gasteiger partial charge on any atom is 0.152 e. The lowest BCUT2D eigenvalue weighted by atomic mass is 9.70. The second kappa shape index (κ2) is 3.44. The summed E-state index contributed by atoms with van der Waals surface area (Å²) in [5, 5.41) is 3.28. The molecule has 14 heavy (non-hydrogen) atoms. The van der Waals surface area contributed by atoms with Gasteiger partial charge in [0.2, 0.25) is 0 Å². The molecular formula is C10H16N4. The highest BCUT2D eigenvalue weighted by Crippen LogP contribution is 2.40. The Morgan fingerprint density at radius 2 is 2.36 bits per heavy atom. The van der Waals surface area contributed by atoms with Gasteiger partial charge in [-0.05, 0) is 18.3 Å². The molecule has 0 aromatic carbocycles. The number of anilines is 2. The minimum Gasteiger partial charge on any atom is -0.394 e.